The lowest BCUT2D eigenvalue weighted by Crippen LogP contribution is -2.45. The first-order chi connectivity index (χ1) is 7.50. The van der Waals surface area contributed by atoms with Crippen LogP contribution >= 0.6 is 0 Å². The number of rotatable bonds is 3. The van der Waals surface area contributed by atoms with Crippen molar-refractivity contribution in [1.29, 1.82) is 0 Å². The van der Waals surface area contributed by atoms with Gasteiger partial charge in [0.25, 0.3) is 0 Å². The SMILES string of the molecule is CCC(C(N)=NO)N1CCCS(=O)(=O)CC1. The Morgan fingerprint density at radius 2 is 2.19 bits per heavy atom. The van der Waals surface area contributed by atoms with Crippen LogP contribution in [-0.4, -0.2) is 55.0 Å². The molecule has 0 bridgehead atoms. The zero-order chi connectivity index (χ0) is 12.2. The van der Waals surface area contributed by atoms with Crippen molar-refractivity contribution in [3.05, 3.63) is 0 Å². The fraction of sp³-hybridized carbons (Fsp3) is 0.889. The average Bonchev–Trinajstić information content (AvgIpc) is 2.41. The summed E-state index contributed by atoms with van der Waals surface area (Å²) in [6, 6.07) is -0.168. The molecule has 94 valence electrons. The molecule has 0 spiro atoms. The Kier molecular flexibility index (Phi) is 4.55. The minimum Gasteiger partial charge on any atom is -0.409 e. The van der Waals surface area contributed by atoms with E-state index in [4.69, 9.17) is 10.9 Å². The van der Waals surface area contributed by atoms with Crippen LogP contribution < -0.4 is 5.73 Å². The molecule has 7 heteroatoms. The van der Waals surface area contributed by atoms with Gasteiger partial charge in [0.1, 0.15) is 0 Å². The van der Waals surface area contributed by atoms with E-state index in [9.17, 15) is 8.42 Å². The summed E-state index contributed by atoms with van der Waals surface area (Å²) in [5, 5.41) is 11.7. The number of amidine groups is 1. The van der Waals surface area contributed by atoms with Gasteiger partial charge in [0.15, 0.2) is 15.7 Å². The van der Waals surface area contributed by atoms with Gasteiger partial charge in [-0.25, -0.2) is 8.42 Å². The molecule has 0 aliphatic carbocycles. The fourth-order valence-corrected chi connectivity index (χ4v) is 3.28. The van der Waals surface area contributed by atoms with Crippen LogP contribution in [0.3, 0.4) is 0 Å². The van der Waals surface area contributed by atoms with Crippen molar-refractivity contribution in [1.82, 2.24) is 4.90 Å². The molecule has 1 rings (SSSR count). The summed E-state index contributed by atoms with van der Waals surface area (Å²) in [5.41, 5.74) is 5.59. The average molecular weight is 249 g/mol. The molecule has 1 aliphatic heterocycles. The Balaban J connectivity index is 2.73. The van der Waals surface area contributed by atoms with Crippen molar-refractivity contribution in [2.45, 2.75) is 25.8 Å². The van der Waals surface area contributed by atoms with Gasteiger partial charge in [-0.05, 0) is 19.4 Å². The van der Waals surface area contributed by atoms with Gasteiger partial charge in [-0.2, -0.15) is 0 Å². The standard InChI is InChI=1S/C9H19N3O3S/c1-2-8(9(10)11-13)12-4-3-6-16(14,15)7-5-12/h8,13H,2-7H2,1H3,(H2,10,11). The second kappa shape index (κ2) is 5.49. The van der Waals surface area contributed by atoms with E-state index in [-0.39, 0.29) is 23.4 Å². The van der Waals surface area contributed by atoms with Crippen LogP contribution in [0.25, 0.3) is 0 Å². The van der Waals surface area contributed by atoms with Crippen LogP contribution in [0.2, 0.25) is 0 Å². The molecule has 3 N–H and O–H groups in total. The molecule has 1 heterocycles. The van der Waals surface area contributed by atoms with Gasteiger partial charge in [-0.15, -0.1) is 0 Å². The lowest BCUT2D eigenvalue weighted by atomic mass is 10.1. The van der Waals surface area contributed by atoms with E-state index in [0.29, 0.717) is 25.9 Å². The van der Waals surface area contributed by atoms with Crippen molar-refractivity contribution in [3.8, 4) is 0 Å². The third-order valence-corrected chi connectivity index (χ3v) is 4.59. The first-order valence-electron chi connectivity index (χ1n) is 5.42. The van der Waals surface area contributed by atoms with Crippen molar-refractivity contribution < 1.29 is 13.6 Å². The smallest absolute Gasteiger partial charge is 0.156 e. The molecular formula is C9H19N3O3S. The minimum atomic E-state index is -2.91. The van der Waals surface area contributed by atoms with Crippen LogP contribution in [0.15, 0.2) is 5.16 Å². The van der Waals surface area contributed by atoms with Gasteiger partial charge in [-0.1, -0.05) is 12.1 Å². The third kappa shape index (κ3) is 3.34. The van der Waals surface area contributed by atoms with Gasteiger partial charge in [0.05, 0.1) is 17.5 Å². The Hall–Kier alpha value is -0.820. The summed E-state index contributed by atoms with van der Waals surface area (Å²) in [6.45, 7) is 3.06. The zero-order valence-electron chi connectivity index (χ0n) is 9.46. The third-order valence-electron chi connectivity index (χ3n) is 2.87. The molecule has 1 unspecified atom stereocenters. The first-order valence-corrected chi connectivity index (χ1v) is 7.24. The minimum absolute atomic E-state index is 0.154. The fourth-order valence-electron chi connectivity index (χ4n) is 1.99. The van der Waals surface area contributed by atoms with Crippen LogP contribution in [0, 0.1) is 0 Å². The molecule has 1 saturated heterocycles. The van der Waals surface area contributed by atoms with Gasteiger partial charge < -0.3 is 10.9 Å². The Morgan fingerprint density at radius 3 is 2.75 bits per heavy atom. The highest BCUT2D eigenvalue weighted by Crippen LogP contribution is 2.11. The predicted molar refractivity (Wildman–Crippen MR) is 62.3 cm³/mol. The maximum absolute atomic E-state index is 11.4. The Morgan fingerprint density at radius 1 is 1.50 bits per heavy atom. The van der Waals surface area contributed by atoms with Crippen molar-refractivity contribution >= 4 is 15.7 Å². The van der Waals surface area contributed by atoms with E-state index in [1.165, 1.54) is 0 Å². The highest BCUT2D eigenvalue weighted by Gasteiger charge is 2.25. The zero-order valence-corrected chi connectivity index (χ0v) is 10.3. The lowest BCUT2D eigenvalue weighted by Gasteiger charge is -2.28. The lowest BCUT2D eigenvalue weighted by molar-refractivity contribution is 0.243. The molecule has 1 aliphatic rings. The van der Waals surface area contributed by atoms with E-state index < -0.39 is 9.84 Å². The molecule has 0 aromatic carbocycles. The van der Waals surface area contributed by atoms with Gasteiger partial charge >= 0.3 is 0 Å². The summed E-state index contributed by atoms with van der Waals surface area (Å²) >= 11 is 0. The van der Waals surface area contributed by atoms with Crippen LogP contribution in [0.1, 0.15) is 19.8 Å². The Bertz CT molecular complexity index is 353. The van der Waals surface area contributed by atoms with Crippen LogP contribution in [0.5, 0.6) is 0 Å². The quantitative estimate of drug-likeness (QED) is 0.308. The van der Waals surface area contributed by atoms with Crippen LogP contribution in [-0.2, 0) is 9.84 Å². The van der Waals surface area contributed by atoms with E-state index in [2.05, 4.69) is 5.16 Å². The number of nitrogens with two attached hydrogens (primary N) is 1. The Labute approximate surface area is 96.0 Å². The predicted octanol–water partition coefficient (Wildman–Crippen LogP) is -0.368. The monoisotopic (exact) mass is 249 g/mol. The molecule has 0 radical (unpaired) electrons. The molecule has 0 saturated carbocycles. The van der Waals surface area contributed by atoms with Crippen molar-refractivity contribution in [2.24, 2.45) is 10.9 Å². The molecular weight excluding hydrogens is 230 g/mol. The van der Waals surface area contributed by atoms with E-state index >= 15 is 0 Å². The van der Waals surface area contributed by atoms with Crippen LogP contribution in [0.4, 0.5) is 0 Å². The van der Waals surface area contributed by atoms with E-state index in [1.54, 1.807) is 0 Å². The van der Waals surface area contributed by atoms with Crippen molar-refractivity contribution in [3.63, 3.8) is 0 Å². The normalized spacial score (nSPS) is 24.9. The number of hydrogen-bond donors (Lipinski definition) is 2. The van der Waals surface area contributed by atoms with E-state index in [0.717, 1.165) is 0 Å². The summed E-state index contributed by atoms with van der Waals surface area (Å²) in [5.74, 6) is 0.542. The van der Waals surface area contributed by atoms with Crippen molar-refractivity contribution in [2.75, 3.05) is 24.6 Å². The van der Waals surface area contributed by atoms with E-state index in [1.807, 2.05) is 11.8 Å². The topological polar surface area (TPSA) is 96.0 Å². The second-order valence-electron chi connectivity index (χ2n) is 3.99. The van der Waals surface area contributed by atoms with Gasteiger partial charge in [-0.3, -0.25) is 4.90 Å². The molecule has 0 aromatic heterocycles. The van der Waals surface area contributed by atoms with Gasteiger partial charge in [0, 0.05) is 6.54 Å². The summed E-state index contributed by atoms with van der Waals surface area (Å²) < 4.78 is 22.9. The van der Waals surface area contributed by atoms with Gasteiger partial charge in [0.2, 0.25) is 0 Å². The maximum atomic E-state index is 11.4. The molecule has 1 atom stereocenters. The molecule has 1 fully saturated rings. The molecule has 0 amide bonds. The second-order valence-corrected chi connectivity index (χ2v) is 6.29. The summed E-state index contributed by atoms with van der Waals surface area (Å²) in [6.07, 6.45) is 1.31. The summed E-state index contributed by atoms with van der Waals surface area (Å²) in [4.78, 5) is 1.97. The number of oxime groups is 1. The highest BCUT2D eigenvalue weighted by atomic mass is 32.2. The number of nitrogens with zero attached hydrogens (tertiary/aromatic N) is 2. The first kappa shape index (κ1) is 13.2. The number of sulfone groups is 1. The molecule has 16 heavy (non-hydrogen) atoms. The molecule has 0 aromatic rings. The largest absolute Gasteiger partial charge is 0.409 e. The highest BCUT2D eigenvalue weighted by molar-refractivity contribution is 7.91. The maximum Gasteiger partial charge on any atom is 0.156 e. The summed E-state index contributed by atoms with van der Waals surface area (Å²) in [7, 11) is -2.91. The molecule has 6 nitrogen and oxygen atoms in total. The number of hydrogen-bond acceptors (Lipinski definition) is 5.